The molecule has 0 amide bonds. The predicted molar refractivity (Wildman–Crippen MR) is 85.7 cm³/mol. The van der Waals surface area contributed by atoms with E-state index in [1.165, 1.54) is 23.8 Å². The Morgan fingerprint density at radius 2 is 1.76 bits per heavy atom. The Kier molecular flexibility index (Phi) is 4.63. The van der Waals surface area contributed by atoms with Crippen LogP contribution in [0.3, 0.4) is 0 Å². The topological polar surface area (TPSA) is 38.3 Å². The molecule has 0 saturated carbocycles. The number of ether oxygens (including phenoxy) is 1. The van der Waals surface area contributed by atoms with Gasteiger partial charge < -0.3 is 10.1 Å². The van der Waals surface area contributed by atoms with E-state index in [1.807, 2.05) is 12.1 Å². The zero-order valence-electron chi connectivity index (χ0n) is 12.9. The summed E-state index contributed by atoms with van der Waals surface area (Å²) in [4.78, 5) is 11.4. The van der Waals surface area contributed by atoms with Crippen LogP contribution in [0.2, 0.25) is 0 Å². The van der Waals surface area contributed by atoms with Crippen molar-refractivity contribution in [2.24, 2.45) is 0 Å². The number of hydrogen-bond donors (Lipinski definition) is 1. The molecule has 3 nitrogen and oxygen atoms in total. The molecular weight excluding hydrogens is 262 g/mol. The number of benzene rings is 2. The van der Waals surface area contributed by atoms with Gasteiger partial charge in [0, 0.05) is 11.7 Å². The van der Waals surface area contributed by atoms with Gasteiger partial charge >= 0.3 is 5.97 Å². The second-order valence-electron chi connectivity index (χ2n) is 5.29. The molecule has 0 bridgehead atoms. The van der Waals surface area contributed by atoms with E-state index < -0.39 is 0 Å². The Labute approximate surface area is 126 Å². The average molecular weight is 283 g/mol. The summed E-state index contributed by atoms with van der Waals surface area (Å²) in [6.07, 6.45) is 0. The Balaban J connectivity index is 2.12. The van der Waals surface area contributed by atoms with E-state index in [0.29, 0.717) is 5.56 Å². The highest BCUT2D eigenvalue weighted by molar-refractivity contribution is 5.89. The molecule has 0 fully saturated rings. The highest BCUT2D eigenvalue weighted by Crippen LogP contribution is 2.23. The van der Waals surface area contributed by atoms with Gasteiger partial charge in [0.15, 0.2) is 0 Å². The van der Waals surface area contributed by atoms with Crippen molar-refractivity contribution >= 4 is 11.7 Å². The second-order valence-corrected chi connectivity index (χ2v) is 5.29. The van der Waals surface area contributed by atoms with Crippen LogP contribution in [0.5, 0.6) is 0 Å². The van der Waals surface area contributed by atoms with Crippen molar-refractivity contribution in [2.75, 3.05) is 12.4 Å². The Morgan fingerprint density at radius 3 is 2.33 bits per heavy atom. The molecule has 0 aliphatic heterocycles. The van der Waals surface area contributed by atoms with Crippen molar-refractivity contribution in [3.8, 4) is 0 Å². The van der Waals surface area contributed by atoms with E-state index in [0.717, 1.165) is 5.69 Å². The van der Waals surface area contributed by atoms with E-state index in [2.05, 4.69) is 44.3 Å². The molecule has 0 radical (unpaired) electrons. The van der Waals surface area contributed by atoms with Crippen LogP contribution in [0.15, 0.2) is 42.5 Å². The highest BCUT2D eigenvalue weighted by Gasteiger charge is 2.09. The first-order valence-electron chi connectivity index (χ1n) is 7.03. The number of carbonyl (C=O) groups excluding carboxylic acids is 1. The smallest absolute Gasteiger partial charge is 0.337 e. The zero-order chi connectivity index (χ0) is 15.4. The molecule has 2 aromatic carbocycles. The number of anilines is 1. The molecule has 0 spiro atoms. The maximum Gasteiger partial charge on any atom is 0.337 e. The highest BCUT2D eigenvalue weighted by atomic mass is 16.5. The molecule has 0 heterocycles. The molecular formula is C18H21NO2. The molecule has 2 aromatic rings. The zero-order valence-corrected chi connectivity index (χ0v) is 12.9. The fraction of sp³-hybridized carbons (Fsp3) is 0.278. The molecule has 3 heteroatoms. The lowest BCUT2D eigenvalue weighted by Crippen LogP contribution is -2.08. The number of carbonyl (C=O) groups is 1. The van der Waals surface area contributed by atoms with Gasteiger partial charge in [0.2, 0.25) is 0 Å². The lowest BCUT2D eigenvalue weighted by molar-refractivity contribution is 0.0601. The van der Waals surface area contributed by atoms with Gasteiger partial charge in [-0.1, -0.05) is 23.8 Å². The van der Waals surface area contributed by atoms with E-state index in [-0.39, 0.29) is 12.0 Å². The maximum atomic E-state index is 11.4. The molecule has 0 aliphatic rings. The largest absolute Gasteiger partial charge is 0.465 e. The van der Waals surface area contributed by atoms with E-state index in [4.69, 9.17) is 4.74 Å². The first kappa shape index (κ1) is 15.1. The molecule has 110 valence electrons. The van der Waals surface area contributed by atoms with Crippen LogP contribution < -0.4 is 5.32 Å². The van der Waals surface area contributed by atoms with Gasteiger partial charge in [-0.15, -0.1) is 0 Å². The number of rotatable bonds is 4. The molecule has 1 atom stereocenters. The molecule has 0 saturated heterocycles. The van der Waals surface area contributed by atoms with Crippen LogP contribution >= 0.6 is 0 Å². The summed E-state index contributed by atoms with van der Waals surface area (Å²) >= 11 is 0. The van der Waals surface area contributed by atoms with Crippen molar-refractivity contribution < 1.29 is 9.53 Å². The number of esters is 1. The second kappa shape index (κ2) is 6.44. The van der Waals surface area contributed by atoms with Crippen molar-refractivity contribution in [1.29, 1.82) is 0 Å². The fourth-order valence-corrected chi connectivity index (χ4v) is 2.46. The monoisotopic (exact) mass is 283 g/mol. The van der Waals surface area contributed by atoms with Crippen molar-refractivity contribution in [3.05, 3.63) is 64.7 Å². The van der Waals surface area contributed by atoms with Gasteiger partial charge in [-0.2, -0.15) is 0 Å². The van der Waals surface area contributed by atoms with Crippen LogP contribution in [0, 0.1) is 13.8 Å². The summed E-state index contributed by atoms with van der Waals surface area (Å²) in [5, 5.41) is 3.45. The lowest BCUT2D eigenvalue weighted by atomic mass is 10.00. The minimum Gasteiger partial charge on any atom is -0.465 e. The number of aryl methyl sites for hydroxylation is 2. The molecule has 2 rings (SSSR count). The van der Waals surface area contributed by atoms with Crippen molar-refractivity contribution in [2.45, 2.75) is 26.8 Å². The third-order valence-corrected chi connectivity index (χ3v) is 3.58. The standard InChI is InChI=1S/C18H21NO2/c1-12-5-10-17(13(2)11-12)14(3)19-16-8-6-15(7-9-16)18(20)21-4/h5-11,14,19H,1-4H3. The summed E-state index contributed by atoms with van der Waals surface area (Å²) in [6, 6.07) is 14.0. The van der Waals surface area contributed by atoms with Gasteiger partial charge in [0.1, 0.15) is 0 Å². The first-order valence-corrected chi connectivity index (χ1v) is 7.03. The average Bonchev–Trinajstić information content (AvgIpc) is 2.47. The Morgan fingerprint density at radius 1 is 1.10 bits per heavy atom. The summed E-state index contributed by atoms with van der Waals surface area (Å²) < 4.78 is 4.69. The summed E-state index contributed by atoms with van der Waals surface area (Å²) in [5.41, 5.74) is 5.36. The fourth-order valence-electron chi connectivity index (χ4n) is 2.46. The molecule has 0 aliphatic carbocycles. The quantitative estimate of drug-likeness (QED) is 0.852. The Bertz CT molecular complexity index is 632. The first-order chi connectivity index (χ1) is 10.0. The maximum absolute atomic E-state index is 11.4. The van der Waals surface area contributed by atoms with Crippen LogP contribution in [0.4, 0.5) is 5.69 Å². The molecule has 0 aromatic heterocycles. The number of nitrogens with one attached hydrogen (secondary N) is 1. The normalized spacial score (nSPS) is 11.8. The lowest BCUT2D eigenvalue weighted by Gasteiger charge is -2.18. The summed E-state index contributed by atoms with van der Waals surface area (Å²) in [5.74, 6) is -0.316. The van der Waals surface area contributed by atoms with Crippen LogP contribution in [0.25, 0.3) is 0 Å². The van der Waals surface area contributed by atoms with Gasteiger partial charge in [-0.05, 0) is 56.2 Å². The number of hydrogen-bond acceptors (Lipinski definition) is 3. The van der Waals surface area contributed by atoms with Crippen molar-refractivity contribution in [1.82, 2.24) is 0 Å². The third-order valence-electron chi connectivity index (χ3n) is 3.58. The van der Waals surface area contributed by atoms with Crippen molar-refractivity contribution in [3.63, 3.8) is 0 Å². The number of methoxy groups -OCH3 is 1. The van der Waals surface area contributed by atoms with Crippen LogP contribution in [-0.4, -0.2) is 13.1 Å². The van der Waals surface area contributed by atoms with Gasteiger partial charge in [-0.3, -0.25) is 0 Å². The van der Waals surface area contributed by atoms with Gasteiger partial charge in [-0.25, -0.2) is 4.79 Å². The van der Waals surface area contributed by atoms with Crippen LogP contribution in [0.1, 0.15) is 40.0 Å². The predicted octanol–water partition coefficient (Wildman–Crippen LogP) is 4.26. The summed E-state index contributed by atoms with van der Waals surface area (Å²) in [7, 11) is 1.39. The van der Waals surface area contributed by atoms with Gasteiger partial charge in [0.05, 0.1) is 12.7 Å². The SMILES string of the molecule is COC(=O)c1ccc(NC(C)c2ccc(C)cc2C)cc1. The van der Waals surface area contributed by atoms with E-state index >= 15 is 0 Å². The van der Waals surface area contributed by atoms with Gasteiger partial charge in [0.25, 0.3) is 0 Å². The minimum atomic E-state index is -0.316. The summed E-state index contributed by atoms with van der Waals surface area (Å²) in [6.45, 7) is 6.35. The molecule has 1 unspecified atom stereocenters. The van der Waals surface area contributed by atoms with E-state index in [9.17, 15) is 4.79 Å². The molecule has 21 heavy (non-hydrogen) atoms. The Hall–Kier alpha value is -2.29. The third kappa shape index (κ3) is 3.63. The van der Waals surface area contributed by atoms with E-state index in [1.54, 1.807) is 12.1 Å². The minimum absolute atomic E-state index is 0.203. The molecule has 1 N–H and O–H groups in total. The van der Waals surface area contributed by atoms with Crippen LogP contribution in [-0.2, 0) is 4.74 Å².